The summed E-state index contributed by atoms with van der Waals surface area (Å²) in [6.07, 6.45) is -4.79. The molecule has 0 aliphatic rings. The smallest absolute Gasteiger partial charge is 0.406 e. The molecule has 0 aliphatic carbocycles. The van der Waals surface area contributed by atoms with Crippen molar-refractivity contribution in [2.24, 2.45) is 0 Å². The summed E-state index contributed by atoms with van der Waals surface area (Å²) in [5.41, 5.74) is 1.64. The van der Waals surface area contributed by atoms with Crippen molar-refractivity contribution in [3.05, 3.63) is 41.3 Å². The third kappa shape index (κ3) is 4.64. The normalized spacial score (nSPS) is 11.2. The van der Waals surface area contributed by atoms with E-state index in [1.54, 1.807) is 20.9 Å². The van der Waals surface area contributed by atoms with E-state index in [0.717, 1.165) is 17.7 Å². The van der Waals surface area contributed by atoms with Crippen molar-refractivity contribution in [1.29, 1.82) is 0 Å². The van der Waals surface area contributed by atoms with Crippen molar-refractivity contribution < 1.29 is 27.2 Å². The Kier molecular flexibility index (Phi) is 5.01. The van der Waals surface area contributed by atoms with Crippen LogP contribution < -0.4 is 10.1 Å². The fourth-order valence-corrected chi connectivity index (χ4v) is 2.03. The number of nitrogens with one attached hydrogen (secondary N) is 1. The number of amides is 2. The second-order valence-electron chi connectivity index (χ2n) is 5.16. The van der Waals surface area contributed by atoms with Gasteiger partial charge in [0.2, 0.25) is 0 Å². The lowest BCUT2D eigenvalue weighted by Gasteiger charge is -2.18. The first kappa shape index (κ1) is 17.6. The van der Waals surface area contributed by atoms with Crippen LogP contribution in [0.15, 0.2) is 28.8 Å². The highest BCUT2D eigenvalue weighted by Crippen LogP contribution is 2.25. The minimum absolute atomic E-state index is 0.187. The number of urea groups is 1. The number of nitrogens with zero attached hydrogens (tertiary/aromatic N) is 2. The Balaban J connectivity index is 2.02. The molecule has 1 aromatic heterocycles. The van der Waals surface area contributed by atoms with Gasteiger partial charge < -0.3 is 19.5 Å². The van der Waals surface area contributed by atoms with E-state index in [0.29, 0.717) is 11.5 Å². The summed E-state index contributed by atoms with van der Waals surface area (Å²) >= 11 is 0. The monoisotopic (exact) mass is 343 g/mol. The zero-order chi connectivity index (χ0) is 17.9. The van der Waals surface area contributed by atoms with Crippen LogP contribution in [0.2, 0.25) is 0 Å². The Labute approximate surface area is 136 Å². The van der Waals surface area contributed by atoms with Crippen LogP contribution >= 0.6 is 0 Å². The Morgan fingerprint density at radius 2 is 2.08 bits per heavy atom. The van der Waals surface area contributed by atoms with E-state index in [1.165, 1.54) is 17.0 Å². The fraction of sp³-hybridized carbons (Fsp3) is 0.333. The van der Waals surface area contributed by atoms with Crippen LogP contribution in [0.3, 0.4) is 0 Å². The summed E-state index contributed by atoms with van der Waals surface area (Å²) < 4.78 is 45.5. The number of aryl methyl sites for hydroxylation is 2. The van der Waals surface area contributed by atoms with Crippen molar-refractivity contribution in [3.63, 3.8) is 0 Å². The number of carbonyl (C=O) groups is 1. The largest absolute Gasteiger partial charge is 0.573 e. The summed E-state index contributed by atoms with van der Waals surface area (Å²) in [5, 5.41) is 6.31. The molecule has 0 bridgehead atoms. The summed E-state index contributed by atoms with van der Waals surface area (Å²) in [6, 6.07) is 4.57. The number of anilines is 1. The minimum atomic E-state index is -4.79. The Morgan fingerprint density at radius 3 is 2.67 bits per heavy atom. The first-order valence-electron chi connectivity index (χ1n) is 6.95. The molecule has 2 rings (SSSR count). The van der Waals surface area contributed by atoms with Gasteiger partial charge >= 0.3 is 12.4 Å². The van der Waals surface area contributed by atoms with E-state index in [4.69, 9.17) is 4.52 Å². The van der Waals surface area contributed by atoms with Crippen LogP contribution in [0.5, 0.6) is 5.75 Å². The molecule has 0 fully saturated rings. The SMILES string of the molecule is Cc1noc(C)c1CN(C)C(=O)Nc1cccc(OC(F)(F)F)c1. The highest BCUT2D eigenvalue weighted by molar-refractivity contribution is 5.89. The number of carbonyl (C=O) groups excluding carboxylic acids is 1. The first-order chi connectivity index (χ1) is 11.2. The molecule has 24 heavy (non-hydrogen) atoms. The molecule has 130 valence electrons. The maximum absolute atomic E-state index is 12.2. The predicted octanol–water partition coefficient (Wildman–Crippen LogP) is 3.85. The van der Waals surface area contributed by atoms with Crippen molar-refractivity contribution in [2.45, 2.75) is 26.8 Å². The molecule has 2 aromatic rings. The fourth-order valence-electron chi connectivity index (χ4n) is 2.03. The van der Waals surface area contributed by atoms with Crippen molar-refractivity contribution in [1.82, 2.24) is 10.1 Å². The third-order valence-electron chi connectivity index (χ3n) is 3.24. The van der Waals surface area contributed by atoms with Gasteiger partial charge in [0.1, 0.15) is 11.5 Å². The van der Waals surface area contributed by atoms with Crippen LogP contribution in [0, 0.1) is 13.8 Å². The molecule has 0 aliphatic heterocycles. The molecule has 1 N–H and O–H groups in total. The Bertz CT molecular complexity index is 709. The summed E-state index contributed by atoms with van der Waals surface area (Å²) in [5.74, 6) is 0.196. The van der Waals surface area contributed by atoms with Crippen LogP contribution in [0.25, 0.3) is 0 Å². The van der Waals surface area contributed by atoms with E-state index < -0.39 is 18.1 Å². The predicted molar refractivity (Wildman–Crippen MR) is 79.6 cm³/mol. The van der Waals surface area contributed by atoms with Gasteiger partial charge in [-0.05, 0) is 26.0 Å². The maximum Gasteiger partial charge on any atom is 0.573 e. The zero-order valence-electron chi connectivity index (χ0n) is 13.3. The standard InChI is InChI=1S/C15H16F3N3O3/c1-9-13(10(2)24-20-9)8-21(3)14(22)19-11-5-4-6-12(7-11)23-15(16,17)18/h4-7H,8H2,1-3H3,(H,19,22). The third-order valence-corrected chi connectivity index (χ3v) is 3.24. The zero-order valence-corrected chi connectivity index (χ0v) is 13.3. The molecular weight excluding hydrogens is 327 g/mol. The summed E-state index contributed by atoms with van der Waals surface area (Å²) in [4.78, 5) is 13.5. The second kappa shape index (κ2) is 6.81. The lowest BCUT2D eigenvalue weighted by Crippen LogP contribution is -2.31. The van der Waals surface area contributed by atoms with E-state index in [9.17, 15) is 18.0 Å². The molecule has 0 unspecified atom stereocenters. The van der Waals surface area contributed by atoms with Crippen molar-refractivity contribution in [3.8, 4) is 5.75 Å². The maximum atomic E-state index is 12.2. The average molecular weight is 343 g/mol. The van der Waals surface area contributed by atoms with Crippen LogP contribution in [-0.4, -0.2) is 29.5 Å². The average Bonchev–Trinajstić information content (AvgIpc) is 2.77. The van der Waals surface area contributed by atoms with Gasteiger partial charge in [0, 0.05) is 24.4 Å². The minimum Gasteiger partial charge on any atom is -0.406 e. The number of halogens is 3. The van der Waals surface area contributed by atoms with E-state index in [-0.39, 0.29) is 12.2 Å². The van der Waals surface area contributed by atoms with Gasteiger partial charge in [0.05, 0.1) is 12.2 Å². The van der Waals surface area contributed by atoms with E-state index in [1.807, 2.05) is 0 Å². The molecule has 0 saturated carbocycles. The number of hydrogen-bond acceptors (Lipinski definition) is 4. The number of hydrogen-bond donors (Lipinski definition) is 1. The van der Waals surface area contributed by atoms with Crippen LogP contribution in [0.1, 0.15) is 17.0 Å². The van der Waals surface area contributed by atoms with Crippen LogP contribution in [-0.2, 0) is 6.54 Å². The lowest BCUT2D eigenvalue weighted by atomic mass is 10.2. The van der Waals surface area contributed by atoms with Gasteiger partial charge in [-0.15, -0.1) is 13.2 Å². The number of aromatic nitrogens is 1. The van der Waals surface area contributed by atoms with Crippen LogP contribution in [0.4, 0.5) is 23.7 Å². The number of benzene rings is 1. The van der Waals surface area contributed by atoms with Gasteiger partial charge in [0.15, 0.2) is 0 Å². The number of alkyl halides is 3. The van der Waals surface area contributed by atoms with E-state index >= 15 is 0 Å². The summed E-state index contributed by atoms with van der Waals surface area (Å²) in [7, 11) is 1.55. The van der Waals surface area contributed by atoms with Gasteiger partial charge in [-0.1, -0.05) is 11.2 Å². The molecule has 0 radical (unpaired) electrons. The molecule has 0 spiro atoms. The highest BCUT2D eigenvalue weighted by Gasteiger charge is 2.31. The van der Waals surface area contributed by atoms with Gasteiger partial charge in [-0.25, -0.2) is 4.79 Å². The molecule has 2 amide bonds. The number of ether oxygens (including phenoxy) is 1. The Hall–Kier alpha value is -2.71. The topological polar surface area (TPSA) is 67.6 Å². The van der Waals surface area contributed by atoms with Gasteiger partial charge in [-0.3, -0.25) is 0 Å². The second-order valence-corrected chi connectivity index (χ2v) is 5.16. The van der Waals surface area contributed by atoms with Gasteiger partial charge in [0.25, 0.3) is 0 Å². The molecule has 1 heterocycles. The molecule has 6 nitrogen and oxygen atoms in total. The van der Waals surface area contributed by atoms with Crippen molar-refractivity contribution >= 4 is 11.7 Å². The Morgan fingerprint density at radius 1 is 1.38 bits per heavy atom. The van der Waals surface area contributed by atoms with Gasteiger partial charge in [-0.2, -0.15) is 0 Å². The molecule has 9 heteroatoms. The first-order valence-corrected chi connectivity index (χ1v) is 6.95. The molecule has 0 saturated heterocycles. The summed E-state index contributed by atoms with van der Waals surface area (Å²) in [6.45, 7) is 3.75. The quantitative estimate of drug-likeness (QED) is 0.915. The molecular formula is C15H16F3N3O3. The molecule has 0 atom stereocenters. The number of rotatable bonds is 4. The van der Waals surface area contributed by atoms with Crippen molar-refractivity contribution in [2.75, 3.05) is 12.4 Å². The van der Waals surface area contributed by atoms with E-state index in [2.05, 4.69) is 15.2 Å². The highest BCUT2D eigenvalue weighted by atomic mass is 19.4. The lowest BCUT2D eigenvalue weighted by molar-refractivity contribution is -0.274. The molecule has 1 aromatic carbocycles.